The third-order valence-electron chi connectivity index (χ3n) is 4.49. The largest absolute Gasteiger partial charge is 0.408 e. The zero-order valence-electron chi connectivity index (χ0n) is 15.8. The lowest BCUT2D eigenvalue weighted by molar-refractivity contribution is -0.141. The van der Waals surface area contributed by atoms with Gasteiger partial charge in [-0.15, -0.1) is 0 Å². The lowest BCUT2D eigenvalue weighted by Gasteiger charge is -2.19. The SMILES string of the molecule is O=C(c1cc2c(cn1)c(Nc1ncccn1)nn2CC(F)(F)F)N1CCCOCC1. The normalized spacial score (nSPS) is 15.2. The van der Waals surface area contributed by atoms with Crippen LogP contribution in [0.1, 0.15) is 16.9 Å². The van der Waals surface area contributed by atoms with E-state index in [2.05, 4.69) is 25.4 Å². The van der Waals surface area contributed by atoms with E-state index >= 15 is 0 Å². The number of carbonyl (C=O) groups excluding carboxylic acids is 1. The first kappa shape index (κ1) is 20.0. The van der Waals surface area contributed by atoms with Gasteiger partial charge in [0.2, 0.25) is 5.95 Å². The molecular weight excluding hydrogens is 403 g/mol. The molecule has 1 aliphatic rings. The summed E-state index contributed by atoms with van der Waals surface area (Å²) in [7, 11) is 0. The number of aromatic nitrogens is 5. The average Bonchev–Trinajstić information content (AvgIpc) is 2.89. The summed E-state index contributed by atoms with van der Waals surface area (Å²) in [5.41, 5.74) is 0.186. The highest BCUT2D eigenvalue weighted by atomic mass is 19.4. The molecule has 0 aromatic carbocycles. The van der Waals surface area contributed by atoms with Crippen molar-refractivity contribution in [1.82, 2.24) is 29.6 Å². The number of nitrogens with zero attached hydrogens (tertiary/aromatic N) is 6. The highest BCUT2D eigenvalue weighted by Crippen LogP contribution is 2.28. The number of pyridine rings is 1. The molecule has 3 aromatic heterocycles. The van der Waals surface area contributed by atoms with Gasteiger partial charge in [-0.1, -0.05) is 0 Å². The summed E-state index contributed by atoms with van der Waals surface area (Å²) in [6.07, 6.45) is 0.510. The number of rotatable bonds is 4. The number of ether oxygens (including phenoxy) is 1. The molecule has 0 unspecified atom stereocenters. The predicted molar refractivity (Wildman–Crippen MR) is 100 cm³/mol. The van der Waals surface area contributed by atoms with Crippen molar-refractivity contribution >= 4 is 28.6 Å². The first-order valence-corrected chi connectivity index (χ1v) is 9.25. The van der Waals surface area contributed by atoms with Crippen molar-refractivity contribution in [1.29, 1.82) is 0 Å². The van der Waals surface area contributed by atoms with Crippen molar-refractivity contribution in [2.24, 2.45) is 0 Å². The van der Waals surface area contributed by atoms with Crippen LogP contribution in [0, 0.1) is 0 Å². The Labute approximate surface area is 168 Å². The molecule has 158 valence electrons. The molecule has 0 atom stereocenters. The van der Waals surface area contributed by atoms with Crippen LogP contribution in [0.4, 0.5) is 24.9 Å². The van der Waals surface area contributed by atoms with Gasteiger partial charge in [-0.25, -0.2) is 9.97 Å². The van der Waals surface area contributed by atoms with Crippen LogP contribution in [-0.2, 0) is 11.3 Å². The Morgan fingerprint density at radius 3 is 2.73 bits per heavy atom. The van der Waals surface area contributed by atoms with Crippen molar-refractivity contribution in [2.75, 3.05) is 31.6 Å². The molecule has 30 heavy (non-hydrogen) atoms. The van der Waals surface area contributed by atoms with E-state index in [9.17, 15) is 18.0 Å². The summed E-state index contributed by atoms with van der Waals surface area (Å²) in [6, 6.07) is 2.94. The Hall–Kier alpha value is -3.28. The molecule has 0 aliphatic carbocycles. The number of fused-ring (bicyclic) bond motifs is 1. The van der Waals surface area contributed by atoms with Crippen molar-refractivity contribution in [3.8, 4) is 0 Å². The maximum atomic E-state index is 13.1. The molecule has 1 aliphatic heterocycles. The van der Waals surface area contributed by atoms with Gasteiger partial charge in [-0.3, -0.25) is 14.5 Å². The molecule has 0 spiro atoms. The number of hydrogen-bond donors (Lipinski definition) is 1. The van der Waals surface area contributed by atoms with Crippen molar-refractivity contribution in [3.63, 3.8) is 0 Å². The minimum absolute atomic E-state index is 0.0511. The minimum atomic E-state index is -4.49. The van der Waals surface area contributed by atoms with Gasteiger partial charge < -0.3 is 15.0 Å². The third kappa shape index (κ3) is 4.48. The second-order valence-electron chi connectivity index (χ2n) is 6.66. The Bertz CT molecular complexity index is 1030. The summed E-state index contributed by atoms with van der Waals surface area (Å²) in [4.78, 5) is 26.6. The fraction of sp³-hybridized carbons (Fsp3) is 0.389. The molecule has 1 fully saturated rings. The molecule has 3 aromatic rings. The molecule has 1 saturated heterocycles. The number of anilines is 2. The number of nitrogens with one attached hydrogen (secondary N) is 1. The minimum Gasteiger partial charge on any atom is -0.380 e. The first-order valence-electron chi connectivity index (χ1n) is 9.25. The standard InChI is InChI=1S/C18H18F3N7O2/c19-18(20,21)11-28-14-9-13(16(29)27-5-2-7-30-8-6-27)24-10-12(14)15(26-28)25-17-22-3-1-4-23-17/h1,3-4,9-10H,2,5-8,11H2,(H,22,23,25,26). The Kier molecular flexibility index (Phi) is 5.48. The van der Waals surface area contributed by atoms with Crippen LogP contribution in [0.25, 0.3) is 10.9 Å². The van der Waals surface area contributed by atoms with Crippen LogP contribution in [0.15, 0.2) is 30.7 Å². The van der Waals surface area contributed by atoms with Crippen molar-refractivity contribution in [2.45, 2.75) is 19.1 Å². The van der Waals surface area contributed by atoms with E-state index < -0.39 is 12.7 Å². The summed E-state index contributed by atoms with van der Waals surface area (Å²) in [5, 5.41) is 7.14. The zero-order chi connectivity index (χ0) is 21.1. The van der Waals surface area contributed by atoms with Crippen LogP contribution in [0.3, 0.4) is 0 Å². The van der Waals surface area contributed by atoms with Crippen molar-refractivity contribution < 1.29 is 22.7 Å². The highest BCUT2D eigenvalue weighted by Gasteiger charge is 2.30. The summed E-state index contributed by atoms with van der Waals surface area (Å²) in [5.74, 6) is -0.0565. The lowest BCUT2D eigenvalue weighted by atomic mass is 10.2. The van der Waals surface area contributed by atoms with Gasteiger partial charge in [0.1, 0.15) is 12.2 Å². The van der Waals surface area contributed by atoms with E-state index in [1.54, 1.807) is 11.0 Å². The van der Waals surface area contributed by atoms with E-state index in [1.807, 2.05) is 0 Å². The zero-order valence-corrected chi connectivity index (χ0v) is 15.8. The number of alkyl halides is 3. The molecule has 4 rings (SSSR count). The molecule has 4 heterocycles. The van der Waals surface area contributed by atoms with Gasteiger partial charge in [0.05, 0.1) is 17.5 Å². The van der Waals surface area contributed by atoms with Gasteiger partial charge in [-0.05, 0) is 18.6 Å². The molecule has 0 bridgehead atoms. The topological polar surface area (TPSA) is 98.1 Å². The summed E-state index contributed by atoms with van der Waals surface area (Å²) < 4.78 is 45.4. The van der Waals surface area contributed by atoms with Gasteiger partial charge in [0.25, 0.3) is 5.91 Å². The second kappa shape index (κ2) is 8.22. The summed E-state index contributed by atoms with van der Waals surface area (Å²) >= 11 is 0. The molecule has 12 heteroatoms. The van der Waals surface area contributed by atoms with Gasteiger partial charge in [0.15, 0.2) is 5.82 Å². The number of hydrogen-bond acceptors (Lipinski definition) is 7. The first-order chi connectivity index (χ1) is 14.4. The molecular formula is C18H18F3N7O2. The quantitative estimate of drug-likeness (QED) is 0.691. The van der Waals surface area contributed by atoms with E-state index in [4.69, 9.17) is 4.74 Å². The van der Waals surface area contributed by atoms with E-state index in [-0.39, 0.29) is 28.9 Å². The highest BCUT2D eigenvalue weighted by molar-refractivity contribution is 5.98. The van der Waals surface area contributed by atoms with Crippen LogP contribution < -0.4 is 5.32 Å². The van der Waals surface area contributed by atoms with Crippen molar-refractivity contribution in [3.05, 3.63) is 36.4 Å². The lowest BCUT2D eigenvalue weighted by Crippen LogP contribution is -2.33. The van der Waals surface area contributed by atoms with Gasteiger partial charge >= 0.3 is 6.18 Å². The molecule has 0 saturated carbocycles. The molecule has 1 N–H and O–H groups in total. The Morgan fingerprint density at radius 2 is 1.97 bits per heavy atom. The average molecular weight is 421 g/mol. The molecule has 1 amide bonds. The van der Waals surface area contributed by atoms with E-state index in [1.165, 1.54) is 24.7 Å². The van der Waals surface area contributed by atoms with E-state index in [0.29, 0.717) is 38.1 Å². The molecule has 0 radical (unpaired) electrons. The maximum Gasteiger partial charge on any atom is 0.408 e. The van der Waals surface area contributed by atoms with Crippen LogP contribution in [0.5, 0.6) is 0 Å². The number of halogens is 3. The predicted octanol–water partition coefficient (Wildman–Crippen LogP) is 2.39. The third-order valence-corrected chi connectivity index (χ3v) is 4.49. The maximum absolute atomic E-state index is 13.1. The monoisotopic (exact) mass is 421 g/mol. The van der Waals surface area contributed by atoms with Gasteiger partial charge in [-0.2, -0.15) is 18.3 Å². The smallest absolute Gasteiger partial charge is 0.380 e. The Morgan fingerprint density at radius 1 is 1.17 bits per heavy atom. The fourth-order valence-corrected chi connectivity index (χ4v) is 3.15. The number of carbonyl (C=O) groups is 1. The second-order valence-corrected chi connectivity index (χ2v) is 6.66. The van der Waals surface area contributed by atoms with Crippen LogP contribution in [0.2, 0.25) is 0 Å². The summed E-state index contributed by atoms with van der Waals surface area (Å²) in [6.45, 7) is 0.559. The number of amides is 1. The van der Waals surface area contributed by atoms with E-state index in [0.717, 1.165) is 4.68 Å². The van der Waals surface area contributed by atoms with Crippen LogP contribution in [-0.4, -0.2) is 68.0 Å². The fourth-order valence-electron chi connectivity index (χ4n) is 3.15. The van der Waals surface area contributed by atoms with Crippen LogP contribution >= 0.6 is 0 Å². The van der Waals surface area contributed by atoms with Gasteiger partial charge in [0, 0.05) is 38.3 Å². The Balaban J connectivity index is 1.71. The molecule has 9 nitrogen and oxygen atoms in total.